The Morgan fingerprint density at radius 2 is 1.92 bits per heavy atom. The number of benzene rings is 2. The zero-order valence-electron chi connectivity index (χ0n) is 13.9. The van der Waals surface area contributed by atoms with Gasteiger partial charge in [-0.15, -0.1) is 0 Å². The average molecular weight is 401 g/mol. The molecule has 6 heteroatoms. The van der Waals surface area contributed by atoms with Crippen LogP contribution in [-0.2, 0) is 4.79 Å². The van der Waals surface area contributed by atoms with Crippen molar-refractivity contribution in [2.45, 2.75) is 20.3 Å². The first kappa shape index (κ1) is 17.4. The first-order valence-corrected chi connectivity index (χ1v) is 8.72. The number of hydrogen-bond donors (Lipinski definition) is 1. The fraction of sp³-hybridized carbons (Fsp3) is 0.211. The van der Waals surface area contributed by atoms with Gasteiger partial charge in [0.05, 0.1) is 10.9 Å². The molecule has 1 aromatic heterocycles. The lowest BCUT2D eigenvalue weighted by Crippen LogP contribution is -2.13. The number of carbonyl (C=O) groups excluding carboxylic acids is 1. The maximum atomic E-state index is 12.2. The van der Waals surface area contributed by atoms with Crippen molar-refractivity contribution in [2.75, 3.05) is 5.32 Å². The van der Waals surface area contributed by atoms with E-state index in [9.17, 15) is 9.59 Å². The molecule has 1 N–H and O–H groups in total. The number of halogens is 1. The molecule has 0 spiro atoms. The van der Waals surface area contributed by atoms with Crippen LogP contribution in [0.25, 0.3) is 22.4 Å². The predicted molar refractivity (Wildman–Crippen MR) is 101 cm³/mol. The van der Waals surface area contributed by atoms with Crippen LogP contribution in [0, 0.1) is 5.92 Å². The number of fused-ring (bicyclic) bond motifs is 1. The van der Waals surface area contributed by atoms with Gasteiger partial charge in [-0.25, -0.2) is 9.78 Å². The van der Waals surface area contributed by atoms with Gasteiger partial charge in [0.1, 0.15) is 0 Å². The van der Waals surface area contributed by atoms with E-state index in [1.165, 1.54) is 0 Å². The highest BCUT2D eigenvalue weighted by atomic mass is 79.9. The average Bonchev–Trinajstić information content (AvgIpc) is 2.55. The van der Waals surface area contributed by atoms with Gasteiger partial charge in [0.15, 0.2) is 0 Å². The maximum Gasteiger partial charge on any atom is 0.347 e. The van der Waals surface area contributed by atoms with Crippen molar-refractivity contribution < 1.29 is 9.21 Å². The van der Waals surface area contributed by atoms with Crippen LogP contribution in [0.4, 0.5) is 5.69 Å². The molecular weight excluding hydrogens is 384 g/mol. The Hall–Kier alpha value is -2.47. The molecule has 0 aliphatic heterocycles. The Morgan fingerprint density at radius 1 is 1.20 bits per heavy atom. The SMILES string of the molecule is CC(C)CC(=O)Nc1ccc(-c2nc3ccc(Br)cc3c(=O)o2)cc1. The number of nitrogens with one attached hydrogen (secondary N) is 1. The Morgan fingerprint density at radius 3 is 2.60 bits per heavy atom. The topological polar surface area (TPSA) is 72.2 Å². The molecule has 5 nitrogen and oxygen atoms in total. The number of carbonyl (C=O) groups is 1. The summed E-state index contributed by atoms with van der Waals surface area (Å²) >= 11 is 3.33. The van der Waals surface area contributed by atoms with Crippen molar-refractivity contribution in [1.29, 1.82) is 0 Å². The molecule has 0 fully saturated rings. The molecule has 0 radical (unpaired) electrons. The normalized spacial score (nSPS) is 11.0. The monoisotopic (exact) mass is 400 g/mol. The van der Waals surface area contributed by atoms with E-state index in [1.54, 1.807) is 36.4 Å². The fourth-order valence-electron chi connectivity index (χ4n) is 2.45. The van der Waals surface area contributed by atoms with Crippen LogP contribution in [0.2, 0.25) is 0 Å². The van der Waals surface area contributed by atoms with Crippen molar-refractivity contribution in [3.05, 3.63) is 57.4 Å². The zero-order chi connectivity index (χ0) is 18.0. The standard InChI is InChI=1S/C19H17BrN2O3/c1-11(2)9-17(23)21-14-6-3-12(4-7-14)18-22-16-8-5-13(20)10-15(16)19(24)25-18/h3-8,10-11H,9H2,1-2H3,(H,21,23). The van der Waals surface area contributed by atoms with Crippen molar-refractivity contribution >= 4 is 38.4 Å². The Balaban J connectivity index is 1.87. The minimum absolute atomic E-state index is 0.0244. The third kappa shape index (κ3) is 4.14. The van der Waals surface area contributed by atoms with Crippen LogP contribution < -0.4 is 10.9 Å². The molecule has 0 saturated heterocycles. The van der Waals surface area contributed by atoms with E-state index in [0.29, 0.717) is 34.5 Å². The van der Waals surface area contributed by atoms with Crippen LogP contribution in [0.15, 0.2) is 56.1 Å². The molecule has 0 saturated carbocycles. The molecule has 0 atom stereocenters. The van der Waals surface area contributed by atoms with Gasteiger partial charge in [0.2, 0.25) is 11.8 Å². The first-order chi connectivity index (χ1) is 11.9. The van der Waals surface area contributed by atoms with Gasteiger partial charge in [-0.05, 0) is 48.4 Å². The minimum Gasteiger partial charge on any atom is -0.403 e. The Bertz CT molecular complexity index is 978. The molecular formula is C19H17BrN2O3. The summed E-state index contributed by atoms with van der Waals surface area (Å²) in [5.74, 6) is 0.527. The van der Waals surface area contributed by atoms with Crippen molar-refractivity contribution in [1.82, 2.24) is 4.98 Å². The highest BCUT2D eigenvalue weighted by Gasteiger charge is 2.10. The fourth-order valence-corrected chi connectivity index (χ4v) is 2.81. The smallest absolute Gasteiger partial charge is 0.347 e. The molecule has 2 aromatic carbocycles. The van der Waals surface area contributed by atoms with Gasteiger partial charge in [0, 0.05) is 22.1 Å². The van der Waals surface area contributed by atoms with Gasteiger partial charge < -0.3 is 9.73 Å². The summed E-state index contributed by atoms with van der Waals surface area (Å²) in [6.07, 6.45) is 0.471. The van der Waals surface area contributed by atoms with E-state index < -0.39 is 5.63 Å². The van der Waals surface area contributed by atoms with E-state index in [2.05, 4.69) is 26.2 Å². The summed E-state index contributed by atoms with van der Waals surface area (Å²) in [7, 11) is 0. The largest absolute Gasteiger partial charge is 0.403 e. The second-order valence-corrected chi connectivity index (χ2v) is 7.11. The molecule has 3 rings (SSSR count). The van der Waals surface area contributed by atoms with Gasteiger partial charge in [0.25, 0.3) is 0 Å². The van der Waals surface area contributed by atoms with Crippen molar-refractivity contribution in [3.8, 4) is 11.5 Å². The quantitative estimate of drug-likeness (QED) is 0.694. The molecule has 0 bridgehead atoms. The summed E-state index contributed by atoms with van der Waals surface area (Å²) in [4.78, 5) is 28.4. The zero-order valence-corrected chi connectivity index (χ0v) is 15.5. The molecule has 0 aliphatic carbocycles. The summed E-state index contributed by atoms with van der Waals surface area (Å²) < 4.78 is 6.13. The minimum atomic E-state index is -0.435. The summed E-state index contributed by atoms with van der Waals surface area (Å²) in [6.45, 7) is 3.99. The molecule has 25 heavy (non-hydrogen) atoms. The summed E-state index contributed by atoms with van der Waals surface area (Å²) in [5.41, 5.74) is 1.50. The predicted octanol–water partition coefficient (Wildman–Crippen LogP) is 4.60. The van der Waals surface area contributed by atoms with Crippen LogP contribution in [0.3, 0.4) is 0 Å². The highest BCUT2D eigenvalue weighted by molar-refractivity contribution is 9.10. The van der Waals surface area contributed by atoms with Crippen LogP contribution in [0.5, 0.6) is 0 Å². The molecule has 1 amide bonds. The lowest BCUT2D eigenvalue weighted by atomic mass is 10.1. The van der Waals surface area contributed by atoms with Crippen molar-refractivity contribution in [3.63, 3.8) is 0 Å². The Labute approximate surface area is 153 Å². The second-order valence-electron chi connectivity index (χ2n) is 6.19. The maximum absolute atomic E-state index is 12.2. The van der Waals surface area contributed by atoms with Gasteiger partial charge >= 0.3 is 5.63 Å². The third-order valence-corrected chi connectivity index (χ3v) is 4.09. The highest BCUT2D eigenvalue weighted by Crippen LogP contribution is 2.22. The number of nitrogens with zero attached hydrogens (tertiary/aromatic N) is 1. The van der Waals surface area contributed by atoms with E-state index >= 15 is 0 Å². The van der Waals surface area contributed by atoms with Gasteiger partial charge in [-0.1, -0.05) is 29.8 Å². The van der Waals surface area contributed by atoms with Crippen LogP contribution in [0.1, 0.15) is 20.3 Å². The summed E-state index contributed by atoms with van der Waals surface area (Å²) in [6, 6.07) is 12.3. The molecule has 3 aromatic rings. The first-order valence-electron chi connectivity index (χ1n) is 7.93. The third-order valence-electron chi connectivity index (χ3n) is 3.60. The van der Waals surface area contributed by atoms with Crippen LogP contribution in [-0.4, -0.2) is 10.9 Å². The van der Waals surface area contributed by atoms with Crippen LogP contribution >= 0.6 is 15.9 Å². The van der Waals surface area contributed by atoms with Gasteiger partial charge in [-0.2, -0.15) is 0 Å². The van der Waals surface area contributed by atoms with E-state index in [-0.39, 0.29) is 11.8 Å². The number of rotatable bonds is 4. The van der Waals surface area contributed by atoms with E-state index in [0.717, 1.165) is 4.47 Å². The lowest BCUT2D eigenvalue weighted by Gasteiger charge is -2.08. The number of hydrogen-bond acceptors (Lipinski definition) is 4. The molecule has 1 heterocycles. The van der Waals surface area contributed by atoms with E-state index in [1.807, 2.05) is 19.9 Å². The lowest BCUT2D eigenvalue weighted by molar-refractivity contribution is -0.116. The molecule has 128 valence electrons. The number of anilines is 1. The Kier molecular flexibility index (Phi) is 4.99. The van der Waals surface area contributed by atoms with Crippen molar-refractivity contribution in [2.24, 2.45) is 5.92 Å². The molecule has 0 aliphatic rings. The molecule has 0 unspecified atom stereocenters. The van der Waals surface area contributed by atoms with E-state index in [4.69, 9.17) is 4.42 Å². The summed E-state index contributed by atoms with van der Waals surface area (Å²) in [5, 5.41) is 3.27. The number of amides is 1. The second kappa shape index (κ2) is 7.19. The number of aromatic nitrogens is 1. The van der Waals surface area contributed by atoms with Gasteiger partial charge in [-0.3, -0.25) is 4.79 Å².